The molecule has 5 heterocycles. The number of halogens is 3. The van der Waals surface area contributed by atoms with E-state index < -0.39 is 12.0 Å². The van der Waals surface area contributed by atoms with E-state index in [0.717, 1.165) is 53.0 Å². The first kappa shape index (κ1) is 22.3. The third-order valence-electron chi connectivity index (χ3n) is 5.97. The molecule has 178 valence electrons. The van der Waals surface area contributed by atoms with Gasteiger partial charge in [0, 0.05) is 31.1 Å². The number of thiophene rings is 1. The molecule has 13 heteroatoms. The highest BCUT2D eigenvalue weighted by molar-refractivity contribution is 7.18. The number of hydrogen-bond donors (Lipinski definition) is 1. The Kier molecular flexibility index (Phi) is 5.87. The van der Waals surface area contributed by atoms with Crippen molar-refractivity contribution in [3.8, 4) is 0 Å². The first-order chi connectivity index (χ1) is 15.9. The molecule has 9 nitrogen and oxygen atoms in total. The van der Waals surface area contributed by atoms with Gasteiger partial charge < -0.3 is 19.2 Å². The van der Waals surface area contributed by atoms with E-state index in [4.69, 9.17) is 14.8 Å². The number of hydrogen-bond acceptors (Lipinski definition) is 9. The topological polar surface area (TPSA) is 84.2 Å². The predicted molar refractivity (Wildman–Crippen MR) is 118 cm³/mol. The van der Waals surface area contributed by atoms with Gasteiger partial charge in [0.15, 0.2) is 5.82 Å². The van der Waals surface area contributed by atoms with Gasteiger partial charge in [0.25, 0.3) is 0 Å². The van der Waals surface area contributed by atoms with Crippen molar-refractivity contribution in [1.82, 2.24) is 30.2 Å². The van der Waals surface area contributed by atoms with E-state index in [9.17, 15) is 13.2 Å². The number of alkyl halides is 3. The third-order valence-corrected chi connectivity index (χ3v) is 7.06. The standard InChI is InChI=1S/C20H25F3N8OS/c1-3-4-13-9-14-16(29-7-8-31-15(11-29)26-27-18(31)20(21,22)23)24-19(25-17(14)33-13)30-6-5-12(10-30)28-32-2/h9,12,28H,3-8,10-11H2,1-2H3. The van der Waals surface area contributed by atoms with Crippen LogP contribution in [-0.2, 0) is 30.5 Å². The normalized spacial score (nSPS) is 19.0. The molecule has 3 aromatic rings. The maximum atomic E-state index is 13.2. The summed E-state index contributed by atoms with van der Waals surface area (Å²) in [5.41, 5.74) is 2.99. The zero-order chi connectivity index (χ0) is 23.2. The van der Waals surface area contributed by atoms with Crippen LogP contribution in [0.25, 0.3) is 10.2 Å². The summed E-state index contributed by atoms with van der Waals surface area (Å²) in [6.45, 7) is 4.38. The molecule has 0 aromatic carbocycles. The van der Waals surface area contributed by atoms with E-state index in [2.05, 4.69) is 33.6 Å². The molecule has 1 atom stereocenters. The van der Waals surface area contributed by atoms with Crippen LogP contribution in [0.2, 0.25) is 0 Å². The lowest BCUT2D eigenvalue weighted by atomic mass is 10.2. The Morgan fingerprint density at radius 3 is 2.79 bits per heavy atom. The highest BCUT2D eigenvalue weighted by Crippen LogP contribution is 2.36. The maximum absolute atomic E-state index is 13.2. The van der Waals surface area contributed by atoms with Crippen LogP contribution in [0.5, 0.6) is 0 Å². The van der Waals surface area contributed by atoms with E-state index in [1.54, 1.807) is 18.4 Å². The maximum Gasteiger partial charge on any atom is 0.451 e. The molecule has 5 rings (SSSR count). The molecule has 1 N–H and O–H groups in total. The lowest BCUT2D eigenvalue weighted by Crippen LogP contribution is -2.36. The van der Waals surface area contributed by atoms with Gasteiger partial charge in [0.1, 0.15) is 10.6 Å². The van der Waals surface area contributed by atoms with Crippen molar-refractivity contribution in [3.05, 3.63) is 22.6 Å². The molecule has 0 saturated carbocycles. The van der Waals surface area contributed by atoms with Crippen molar-refractivity contribution in [1.29, 1.82) is 0 Å². The van der Waals surface area contributed by atoms with Gasteiger partial charge in [0.2, 0.25) is 11.8 Å². The van der Waals surface area contributed by atoms with E-state index in [1.165, 1.54) is 4.88 Å². The Balaban J connectivity index is 1.50. The van der Waals surface area contributed by atoms with Crippen LogP contribution in [0.15, 0.2) is 6.07 Å². The predicted octanol–water partition coefficient (Wildman–Crippen LogP) is 3.00. The van der Waals surface area contributed by atoms with Crippen LogP contribution in [0.3, 0.4) is 0 Å². The van der Waals surface area contributed by atoms with E-state index >= 15 is 0 Å². The van der Waals surface area contributed by atoms with Gasteiger partial charge in [-0.15, -0.1) is 21.5 Å². The number of aromatic nitrogens is 5. The number of nitrogens with zero attached hydrogens (tertiary/aromatic N) is 7. The molecule has 0 radical (unpaired) electrons. The monoisotopic (exact) mass is 482 g/mol. The van der Waals surface area contributed by atoms with Crippen LogP contribution >= 0.6 is 11.3 Å². The third kappa shape index (κ3) is 4.24. The number of rotatable bonds is 6. The fraction of sp³-hybridized carbons (Fsp3) is 0.600. The lowest BCUT2D eigenvalue weighted by Gasteiger charge is -2.30. The molecule has 33 heavy (non-hydrogen) atoms. The molecular formula is C20H25F3N8OS. The van der Waals surface area contributed by atoms with Gasteiger partial charge in [-0.2, -0.15) is 23.6 Å². The zero-order valence-electron chi connectivity index (χ0n) is 18.4. The molecule has 2 aliphatic rings. The minimum absolute atomic E-state index is 0.146. The Morgan fingerprint density at radius 2 is 2.03 bits per heavy atom. The summed E-state index contributed by atoms with van der Waals surface area (Å²) in [6, 6.07) is 2.30. The lowest BCUT2D eigenvalue weighted by molar-refractivity contribution is -0.147. The highest BCUT2D eigenvalue weighted by atomic mass is 32.1. The summed E-state index contributed by atoms with van der Waals surface area (Å²) < 4.78 is 40.9. The number of fused-ring (bicyclic) bond motifs is 2. The minimum atomic E-state index is -4.52. The first-order valence-corrected chi connectivity index (χ1v) is 11.8. The smallest absolute Gasteiger partial charge is 0.347 e. The van der Waals surface area contributed by atoms with Gasteiger partial charge in [-0.3, -0.25) is 0 Å². The molecule has 2 aliphatic heterocycles. The molecule has 1 fully saturated rings. The average Bonchev–Trinajstić information content (AvgIpc) is 3.50. The quantitative estimate of drug-likeness (QED) is 0.537. The molecule has 0 spiro atoms. The summed E-state index contributed by atoms with van der Waals surface area (Å²) in [5, 5.41) is 8.15. The minimum Gasteiger partial charge on any atom is -0.347 e. The second kappa shape index (κ2) is 8.69. The molecule has 0 aliphatic carbocycles. The van der Waals surface area contributed by atoms with E-state index in [-0.39, 0.29) is 25.0 Å². The summed E-state index contributed by atoms with van der Waals surface area (Å²) >= 11 is 1.65. The Hall–Kier alpha value is -2.51. The summed E-state index contributed by atoms with van der Waals surface area (Å²) in [4.78, 5) is 21.0. The number of nitrogens with one attached hydrogen (secondary N) is 1. The fourth-order valence-corrected chi connectivity index (χ4v) is 5.57. The highest BCUT2D eigenvalue weighted by Gasteiger charge is 2.40. The van der Waals surface area contributed by atoms with E-state index in [1.807, 2.05) is 4.90 Å². The molecule has 1 unspecified atom stereocenters. The van der Waals surface area contributed by atoms with Crippen molar-refractivity contribution >= 4 is 33.3 Å². The molecule has 3 aromatic heterocycles. The zero-order valence-corrected chi connectivity index (χ0v) is 19.2. The molecule has 0 amide bonds. The largest absolute Gasteiger partial charge is 0.451 e. The number of hydroxylamine groups is 1. The van der Waals surface area contributed by atoms with Crippen LogP contribution in [0.4, 0.5) is 24.9 Å². The van der Waals surface area contributed by atoms with Crippen molar-refractivity contribution in [2.75, 3.05) is 36.5 Å². The molecule has 1 saturated heterocycles. The first-order valence-electron chi connectivity index (χ1n) is 11.0. The molecular weight excluding hydrogens is 457 g/mol. The Morgan fingerprint density at radius 1 is 1.18 bits per heavy atom. The summed E-state index contributed by atoms with van der Waals surface area (Å²) in [5.74, 6) is 0.710. The average molecular weight is 483 g/mol. The van der Waals surface area contributed by atoms with Crippen LogP contribution in [0, 0.1) is 0 Å². The van der Waals surface area contributed by atoms with Crippen LogP contribution in [0.1, 0.15) is 36.3 Å². The SMILES string of the molecule is CCCc1cc2c(N3CCn4c(nnc4C(F)(F)F)C3)nc(N3CCC(NOC)C3)nc2s1. The summed E-state index contributed by atoms with van der Waals surface area (Å²) in [7, 11) is 1.60. The van der Waals surface area contributed by atoms with E-state index in [0.29, 0.717) is 12.5 Å². The van der Waals surface area contributed by atoms with Gasteiger partial charge >= 0.3 is 6.18 Å². The van der Waals surface area contributed by atoms with Crippen molar-refractivity contribution < 1.29 is 18.0 Å². The van der Waals surface area contributed by atoms with Gasteiger partial charge in [-0.25, -0.2) is 4.98 Å². The van der Waals surface area contributed by atoms with Crippen molar-refractivity contribution in [2.45, 2.75) is 51.5 Å². The fourth-order valence-electron chi connectivity index (χ4n) is 4.45. The molecule has 0 bridgehead atoms. The van der Waals surface area contributed by atoms with Crippen LogP contribution in [-0.4, -0.2) is 57.5 Å². The number of aryl methyl sites for hydroxylation is 1. The van der Waals surface area contributed by atoms with Crippen molar-refractivity contribution in [2.24, 2.45) is 0 Å². The van der Waals surface area contributed by atoms with Crippen molar-refractivity contribution in [3.63, 3.8) is 0 Å². The summed E-state index contributed by atoms with van der Waals surface area (Å²) in [6.07, 6.45) is -1.65. The Labute approximate surface area is 192 Å². The second-order valence-corrected chi connectivity index (χ2v) is 9.41. The van der Waals surface area contributed by atoms with Crippen LogP contribution < -0.4 is 15.3 Å². The van der Waals surface area contributed by atoms with Gasteiger partial charge in [0.05, 0.1) is 25.1 Å². The van der Waals surface area contributed by atoms with Gasteiger partial charge in [-0.1, -0.05) is 13.3 Å². The number of anilines is 2. The second-order valence-electron chi connectivity index (χ2n) is 8.29. The van der Waals surface area contributed by atoms with Gasteiger partial charge in [-0.05, 0) is 18.9 Å². The Bertz CT molecular complexity index is 1150.